The van der Waals surface area contributed by atoms with Crippen LogP contribution in [0.25, 0.3) is 0 Å². The lowest BCUT2D eigenvalue weighted by Crippen LogP contribution is -2.04. The number of ether oxygens (including phenoxy) is 3. The van der Waals surface area contributed by atoms with Gasteiger partial charge in [0.05, 0.1) is 0 Å². The van der Waals surface area contributed by atoms with E-state index in [4.69, 9.17) is 14.2 Å². The topological polar surface area (TPSA) is 34.3 Å². The molecule has 0 N–H and O–H groups in total. The maximum Gasteiger partial charge on any atom is 0.187 e. The maximum atomic E-state index is 5.43. The average molecular weight is 158 g/mol. The van der Waals surface area contributed by atoms with Crippen molar-refractivity contribution in [3.05, 3.63) is 0 Å². The molecule has 2 aliphatic heterocycles. The smallest absolute Gasteiger partial charge is 0.187 e. The Morgan fingerprint density at radius 1 is 1.00 bits per heavy atom. The summed E-state index contributed by atoms with van der Waals surface area (Å²) in [4.78, 5) is 0. The van der Waals surface area contributed by atoms with Gasteiger partial charge in [0.25, 0.3) is 0 Å². The highest BCUT2D eigenvalue weighted by Crippen LogP contribution is 2.34. The van der Waals surface area contributed by atoms with Crippen LogP contribution in [0.3, 0.4) is 0 Å². The van der Waals surface area contributed by atoms with Crippen molar-refractivity contribution in [1.29, 1.82) is 0 Å². The van der Waals surface area contributed by atoms with Gasteiger partial charge in [-0.3, -0.25) is 0 Å². The molecule has 4 unspecified atom stereocenters. The first-order chi connectivity index (χ1) is 5.35. The fraction of sp³-hybridized carbons (Fsp3) is 1.00. The van der Waals surface area contributed by atoms with Crippen molar-refractivity contribution < 1.29 is 14.2 Å². The Labute approximate surface area is 66.6 Å². The molecule has 0 aromatic carbocycles. The molecule has 2 fully saturated rings. The van der Waals surface area contributed by atoms with Crippen molar-refractivity contribution >= 4 is 0 Å². The highest BCUT2D eigenvalue weighted by atomic mass is 16.9. The summed E-state index contributed by atoms with van der Waals surface area (Å²) in [6.45, 7) is 4.19. The second-order valence-electron chi connectivity index (χ2n) is 3.04. The fourth-order valence-electron chi connectivity index (χ4n) is 1.20. The monoisotopic (exact) mass is 158 g/mol. The molecular weight excluding hydrogens is 144 g/mol. The molecule has 2 saturated heterocycles. The van der Waals surface area contributed by atoms with Gasteiger partial charge in [-0.1, -0.05) is 13.8 Å². The lowest BCUT2D eigenvalue weighted by atomic mass is 10.3. The van der Waals surface area contributed by atoms with E-state index in [9.17, 15) is 0 Å². The van der Waals surface area contributed by atoms with Gasteiger partial charge >= 0.3 is 0 Å². The van der Waals surface area contributed by atoms with Gasteiger partial charge in [0.1, 0.15) is 12.2 Å². The number of epoxide rings is 2. The molecule has 0 bridgehead atoms. The van der Waals surface area contributed by atoms with Gasteiger partial charge in [-0.05, 0) is 12.8 Å². The molecule has 0 amide bonds. The van der Waals surface area contributed by atoms with Crippen LogP contribution in [-0.2, 0) is 14.2 Å². The molecule has 0 aromatic heterocycles. The highest BCUT2D eigenvalue weighted by Gasteiger charge is 2.47. The average Bonchev–Trinajstić information content (AvgIpc) is 2.87. The van der Waals surface area contributed by atoms with Crippen LogP contribution < -0.4 is 0 Å². The largest absolute Gasteiger partial charge is 0.341 e. The van der Waals surface area contributed by atoms with Crippen molar-refractivity contribution in [1.82, 2.24) is 0 Å². The van der Waals surface area contributed by atoms with E-state index in [1.54, 1.807) is 0 Å². The van der Waals surface area contributed by atoms with Crippen LogP contribution in [0.1, 0.15) is 26.7 Å². The second kappa shape index (κ2) is 2.73. The third-order valence-electron chi connectivity index (χ3n) is 2.14. The van der Waals surface area contributed by atoms with Crippen LogP contribution in [0.2, 0.25) is 0 Å². The predicted molar refractivity (Wildman–Crippen MR) is 39.0 cm³/mol. The Bertz CT molecular complexity index is 132. The molecule has 0 saturated carbocycles. The van der Waals surface area contributed by atoms with Gasteiger partial charge < -0.3 is 14.2 Å². The Morgan fingerprint density at radius 3 is 1.73 bits per heavy atom. The van der Waals surface area contributed by atoms with E-state index in [2.05, 4.69) is 13.8 Å². The molecule has 0 spiro atoms. The standard InChI is InChI=1S/C8H14O3/c1-3-5-7(9-5)11-8-6(4-2)10-8/h5-8H,3-4H2,1-2H3. The van der Waals surface area contributed by atoms with E-state index in [0.717, 1.165) is 12.8 Å². The quantitative estimate of drug-likeness (QED) is 0.578. The van der Waals surface area contributed by atoms with Crippen molar-refractivity contribution in [2.75, 3.05) is 0 Å². The zero-order valence-corrected chi connectivity index (χ0v) is 6.95. The molecule has 0 aromatic rings. The van der Waals surface area contributed by atoms with E-state index in [1.165, 1.54) is 0 Å². The van der Waals surface area contributed by atoms with Gasteiger partial charge in [-0.25, -0.2) is 0 Å². The third-order valence-corrected chi connectivity index (χ3v) is 2.14. The molecular formula is C8H14O3. The van der Waals surface area contributed by atoms with Crippen LogP contribution in [0.4, 0.5) is 0 Å². The summed E-state index contributed by atoms with van der Waals surface area (Å²) in [7, 11) is 0. The number of hydrogen-bond donors (Lipinski definition) is 0. The van der Waals surface area contributed by atoms with Gasteiger partial charge in [0, 0.05) is 0 Å². The van der Waals surface area contributed by atoms with Crippen LogP contribution in [0, 0.1) is 0 Å². The summed E-state index contributed by atoms with van der Waals surface area (Å²) >= 11 is 0. The van der Waals surface area contributed by atoms with E-state index in [0.29, 0.717) is 12.2 Å². The summed E-state index contributed by atoms with van der Waals surface area (Å²) in [6.07, 6.45) is 2.79. The van der Waals surface area contributed by atoms with E-state index in [-0.39, 0.29) is 12.6 Å². The van der Waals surface area contributed by atoms with Gasteiger partial charge in [-0.15, -0.1) is 0 Å². The molecule has 2 rings (SSSR count). The first-order valence-electron chi connectivity index (χ1n) is 4.31. The SMILES string of the molecule is CCC1OC1OC1OC1CC. The van der Waals surface area contributed by atoms with Gasteiger partial charge in [0.2, 0.25) is 0 Å². The minimum atomic E-state index is 0.0292. The zero-order chi connectivity index (χ0) is 7.84. The highest BCUT2D eigenvalue weighted by molar-refractivity contribution is 4.81. The molecule has 4 atom stereocenters. The predicted octanol–water partition coefficient (Wildman–Crippen LogP) is 1.27. The first kappa shape index (κ1) is 7.53. The molecule has 3 heteroatoms. The lowest BCUT2D eigenvalue weighted by molar-refractivity contribution is -0.0103. The summed E-state index contributed by atoms with van der Waals surface area (Å²) in [5, 5.41) is 0. The molecule has 2 aliphatic rings. The van der Waals surface area contributed by atoms with E-state index < -0.39 is 0 Å². The minimum Gasteiger partial charge on any atom is -0.341 e. The van der Waals surface area contributed by atoms with Crippen molar-refractivity contribution in [2.45, 2.75) is 51.5 Å². The van der Waals surface area contributed by atoms with Gasteiger partial charge in [-0.2, -0.15) is 0 Å². The Hall–Kier alpha value is -0.120. The zero-order valence-electron chi connectivity index (χ0n) is 6.95. The summed E-state index contributed by atoms with van der Waals surface area (Å²) in [6, 6.07) is 0. The number of hydrogen-bond acceptors (Lipinski definition) is 3. The van der Waals surface area contributed by atoms with Gasteiger partial charge in [0.15, 0.2) is 12.6 Å². The lowest BCUT2D eigenvalue weighted by Gasteiger charge is -1.91. The Kier molecular flexibility index (Phi) is 1.87. The van der Waals surface area contributed by atoms with Crippen LogP contribution in [0.15, 0.2) is 0 Å². The van der Waals surface area contributed by atoms with E-state index >= 15 is 0 Å². The second-order valence-corrected chi connectivity index (χ2v) is 3.04. The third kappa shape index (κ3) is 1.55. The van der Waals surface area contributed by atoms with Crippen molar-refractivity contribution in [3.63, 3.8) is 0 Å². The summed E-state index contributed by atoms with van der Waals surface area (Å²) < 4.78 is 15.8. The Balaban J connectivity index is 1.62. The maximum absolute atomic E-state index is 5.43. The summed E-state index contributed by atoms with van der Waals surface area (Å²) in [5.74, 6) is 0. The van der Waals surface area contributed by atoms with Crippen LogP contribution in [0.5, 0.6) is 0 Å². The normalized spacial score (nSPS) is 47.5. The fourth-order valence-corrected chi connectivity index (χ4v) is 1.20. The van der Waals surface area contributed by atoms with E-state index in [1.807, 2.05) is 0 Å². The minimum absolute atomic E-state index is 0.0292. The summed E-state index contributed by atoms with van der Waals surface area (Å²) in [5.41, 5.74) is 0. The molecule has 0 radical (unpaired) electrons. The number of rotatable bonds is 4. The molecule has 0 aliphatic carbocycles. The molecule has 11 heavy (non-hydrogen) atoms. The molecule has 64 valence electrons. The van der Waals surface area contributed by atoms with Crippen LogP contribution in [-0.4, -0.2) is 24.8 Å². The Morgan fingerprint density at radius 2 is 1.45 bits per heavy atom. The molecule has 2 heterocycles. The van der Waals surface area contributed by atoms with Crippen LogP contribution >= 0.6 is 0 Å². The first-order valence-corrected chi connectivity index (χ1v) is 4.31. The van der Waals surface area contributed by atoms with Crippen molar-refractivity contribution in [3.8, 4) is 0 Å². The molecule has 3 nitrogen and oxygen atoms in total. The van der Waals surface area contributed by atoms with Crippen molar-refractivity contribution in [2.24, 2.45) is 0 Å².